The maximum Gasteiger partial charge on any atom is 0.150 e. The van der Waals surface area contributed by atoms with Crippen molar-refractivity contribution in [2.75, 3.05) is 7.11 Å². The van der Waals surface area contributed by atoms with E-state index < -0.39 is 0 Å². The number of benzene rings is 1. The molecule has 1 aromatic carbocycles. The minimum Gasteiger partial charge on any atom is -0.496 e. The van der Waals surface area contributed by atoms with Gasteiger partial charge in [0.25, 0.3) is 0 Å². The molecule has 2 aromatic rings. The molecule has 112 valence electrons. The summed E-state index contributed by atoms with van der Waals surface area (Å²) in [5.74, 6) is 2.70. The van der Waals surface area contributed by atoms with Gasteiger partial charge in [-0.15, -0.1) is 0 Å². The van der Waals surface area contributed by atoms with Crippen molar-refractivity contribution in [2.24, 2.45) is 0 Å². The van der Waals surface area contributed by atoms with Crippen LogP contribution >= 0.6 is 0 Å². The van der Waals surface area contributed by atoms with Gasteiger partial charge in [-0.1, -0.05) is 5.16 Å². The lowest BCUT2D eigenvalue weighted by Crippen LogP contribution is -2.13. The van der Waals surface area contributed by atoms with Gasteiger partial charge < -0.3 is 19.3 Å². The number of nitrogens with zero attached hydrogens (tertiary/aromatic N) is 1. The first-order valence-corrected chi connectivity index (χ1v) is 7.15. The highest BCUT2D eigenvalue weighted by Gasteiger charge is 2.21. The maximum atomic E-state index is 5.80. The Morgan fingerprint density at radius 2 is 2.19 bits per heavy atom. The van der Waals surface area contributed by atoms with E-state index in [0.29, 0.717) is 13.1 Å². The molecule has 0 amide bonds. The highest BCUT2D eigenvalue weighted by atomic mass is 16.5. The van der Waals surface area contributed by atoms with Crippen LogP contribution in [0.2, 0.25) is 0 Å². The standard InChI is InChI=1S/C16H20N2O3/c1-10-4-14(21-18-10)9-17-8-13-7-16-12(5-11(2)20-16)6-15(13)19-3/h4,6-7,11,17H,5,8-9H2,1-3H3. The van der Waals surface area contributed by atoms with Gasteiger partial charge in [-0.3, -0.25) is 0 Å². The second-order valence-electron chi connectivity index (χ2n) is 5.44. The normalized spacial score (nSPS) is 16.6. The Labute approximate surface area is 124 Å². The minimum absolute atomic E-state index is 0.241. The molecule has 5 heteroatoms. The molecule has 0 spiro atoms. The molecule has 3 rings (SSSR count). The van der Waals surface area contributed by atoms with Gasteiger partial charge in [-0.2, -0.15) is 0 Å². The Morgan fingerprint density at radius 3 is 2.90 bits per heavy atom. The molecule has 0 radical (unpaired) electrons. The quantitative estimate of drug-likeness (QED) is 0.916. The Hall–Kier alpha value is -2.01. The molecule has 1 aromatic heterocycles. The first-order valence-electron chi connectivity index (χ1n) is 7.15. The number of aromatic nitrogens is 1. The molecule has 1 unspecified atom stereocenters. The van der Waals surface area contributed by atoms with Crippen molar-refractivity contribution in [3.8, 4) is 11.5 Å². The highest BCUT2D eigenvalue weighted by molar-refractivity contribution is 5.48. The Bertz CT molecular complexity index is 636. The highest BCUT2D eigenvalue weighted by Crippen LogP contribution is 2.34. The molecule has 0 aliphatic carbocycles. The minimum atomic E-state index is 0.241. The van der Waals surface area contributed by atoms with Gasteiger partial charge >= 0.3 is 0 Å². The van der Waals surface area contributed by atoms with Crippen molar-refractivity contribution in [1.82, 2.24) is 10.5 Å². The van der Waals surface area contributed by atoms with Crippen LogP contribution in [-0.4, -0.2) is 18.4 Å². The molecular weight excluding hydrogens is 268 g/mol. The molecule has 1 aliphatic heterocycles. The van der Waals surface area contributed by atoms with E-state index in [0.717, 1.165) is 34.9 Å². The molecule has 21 heavy (non-hydrogen) atoms. The van der Waals surface area contributed by atoms with E-state index in [1.54, 1.807) is 7.11 Å². The number of fused-ring (bicyclic) bond motifs is 1. The summed E-state index contributed by atoms with van der Waals surface area (Å²) in [5.41, 5.74) is 3.19. The smallest absolute Gasteiger partial charge is 0.150 e. The zero-order chi connectivity index (χ0) is 14.8. The van der Waals surface area contributed by atoms with Crippen molar-refractivity contribution in [2.45, 2.75) is 39.5 Å². The predicted molar refractivity (Wildman–Crippen MR) is 78.6 cm³/mol. The van der Waals surface area contributed by atoms with Crippen LogP contribution in [-0.2, 0) is 19.5 Å². The number of hydrogen-bond donors (Lipinski definition) is 1. The molecule has 1 atom stereocenters. The molecule has 0 bridgehead atoms. The number of rotatable bonds is 5. The molecule has 5 nitrogen and oxygen atoms in total. The average Bonchev–Trinajstić information content (AvgIpc) is 3.02. The van der Waals surface area contributed by atoms with Crippen molar-refractivity contribution in [3.63, 3.8) is 0 Å². The van der Waals surface area contributed by atoms with Crippen LogP contribution in [0.4, 0.5) is 0 Å². The lowest BCUT2D eigenvalue weighted by atomic mass is 10.1. The number of nitrogens with one attached hydrogen (secondary N) is 1. The van der Waals surface area contributed by atoms with E-state index in [1.165, 1.54) is 5.56 Å². The summed E-state index contributed by atoms with van der Waals surface area (Å²) in [5, 5.41) is 7.21. The van der Waals surface area contributed by atoms with Crippen LogP contribution < -0.4 is 14.8 Å². The van der Waals surface area contributed by atoms with Gasteiger partial charge in [0.1, 0.15) is 17.6 Å². The molecular formula is C16H20N2O3. The molecule has 0 saturated heterocycles. The Morgan fingerprint density at radius 1 is 1.33 bits per heavy atom. The Kier molecular flexibility index (Phi) is 3.84. The van der Waals surface area contributed by atoms with Gasteiger partial charge in [-0.05, 0) is 26.0 Å². The van der Waals surface area contributed by atoms with Crippen molar-refractivity contribution in [1.29, 1.82) is 0 Å². The number of ether oxygens (including phenoxy) is 2. The van der Waals surface area contributed by atoms with Crippen LogP contribution in [0.5, 0.6) is 11.5 Å². The summed E-state index contributed by atoms with van der Waals surface area (Å²) >= 11 is 0. The fraction of sp³-hybridized carbons (Fsp3) is 0.438. The van der Waals surface area contributed by atoms with Crippen LogP contribution in [0.25, 0.3) is 0 Å². The third kappa shape index (κ3) is 3.03. The SMILES string of the molecule is COc1cc2c(cc1CNCc1cc(C)no1)OC(C)C2. The lowest BCUT2D eigenvalue weighted by molar-refractivity contribution is 0.254. The number of methoxy groups -OCH3 is 1. The number of hydrogen-bond acceptors (Lipinski definition) is 5. The predicted octanol–water partition coefficient (Wildman–Crippen LogP) is 2.60. The summed E-state index contributed by atoms with van der Waals surface area (Å²) in [4.78, 5) is 0. The van der Waals surface area contributed by atoms with Crippen molar-refractivity contribution in [3.05, 3.63) is 40.8 Å². The van der Waals surface area contributed by atoms with E-state index >= 15 is 0 Å². The van der Waals surface area contributed by atoms with Crippen LogP contribution in [0.15, 0.2) is 22.7 Å². The van der Waals surface area contributed by atoms with Crippen molar-refractivity contribution >= 4 is 0 Å². The van der Waals surface area contributed by atoms with Crippen molar-refractivity contribution < 1.29 is 14.0 Å². The molecule has 0 fully saturated rings. The molecule has 0 saturated carbocycles. The zero-order valence-electron chi connectivity index (χ0n) is 12.6. The largest absolute Gasteiger partial charge is 0.496 e. The first kappa shape index (κ1) is 13.9. The molecule has 1 N–H and O–H groups in total. The summed E-state index contributed by atoms with van der Waals surface area (Å²) in [6.07, 6.45) is 1.18. The molecule has 2 heterocycles. The van der Waals surface area contributed by atoms with E-state index in [2.05, 4.69) is 29.5 Å². The van der Waals surface area contributed by atoms with Crippen LogP contribution in [0.3, 0.4) is 0 Å². The van der Waals surface area contributed by atoms with E-state index in [4.69, 9.17) is 14.0 Å². The fourth-order valence-electron chi connectivity index (χ4n) is 2.63. The van der Waals surface area contributed by atoms with E-state index in [1.807, 2.05) is 13.0 Å². The second kappa shape index (κ2) is 5.77. The Balaban J connectivity index is 1.68. The van der Waals surface area contributed by atoms with Gasteiger partial charge in [0.05, 0.1) is 19.3 Å². The summed E-state index contributed by atoms with van der Waals surface area (Å²) in [6.45, 7) is 5.32. The second-order valence-corrected chi connectivity index (χ2v) is 5.44. The molecule has 1 aliphatic rings. The number of aryl methyl sites for hydroxylation is 1. The fourth-order valence-corrected chi connectivity index (χ4v) is 2.63. The summed E-state index contributed by atoms with van der Waals surface area (Å²) in [6, 6.07) is 6.07. The topological polar surface area (TPSA) is 56.5 Å². The van der Waals surface area contributed by atoms with Crippen LogP contribution in [0, 0.1) is 6.92 Å². The van der Waals surface area contributed by atoms with Gasteiger partial charge in [-0.25, -0.2) is 0 Å². The third-order valence-electron chi connectivity index (χ3n) is 3.59. The maximum absolute atomic E-state index is 5.80. The zero-order valence-corrected chi connectivity index (χ0v) is 12.6. The monoisotopic (exact) mass is 288 g/mol. The van der Waals surface area contributed by atoms with E-state index in [9.17, 15) is 0 Å². The van der Waals surface area contributed by atoms with Gasteiger partial charge in [0, 0.05) is 30.2 Å². The lowest BCUT2D eigenvalue weighted by Gasteiger charge is -2.11. The first-order chi connectivity index (χ1) is 10.2. The van der Waals surface area contributed by atoms with Crippen LogP contribution in [0.1, 0.15) is 29.5 Å². The summed E-state index contributed by atoms with van der Waals surface area (Å²) in [7, 11) is 1.70. The van der Waals surface area contributed by atoms with E-state index in [-0.39, 0.29) is 6.10 Å². The van der Waals surface area contributed by atoms with Gasteiger partial charge in [0.15, 0.2) is 5.76 Å². The average molecular weight is 288 g/mol. The summed E-state index contributed by atoms with van der Waals surface area (Å²) < 4.78 is 16.5. The third-order valence-corrected chi connectivity index (χ3v) is 3.59. The van der Waals surface area contributed by atoms with Gasteiger partial charge in [0.2, 0.25) is 0 Å².